The Balaban J connectivity index is 2.81. The first kappa shape index (κ1) is 16.9. The molecule has 2 N–H and O–H groups in total. The summed E-state index contributed by atoms with van der Waals surface area (Å²) in [6, 6.07) is 2.90. The second-order valence-corrected chi connectivity index (χ2v) is 6.80. The van der Waals surface area contributed by atoms with E-state index in [9.17, 15) is 8.42 Å². The van der Waals surface area contributed by atoms with E-state index >= 15 is 0 Å². The summed E-state index contributed by atoms with van der Waals surface area (Å²) in [6.45, 7) is 5.29. The monoisotopic (exact) mass is 300 g/mol. The van der Waals surface area contributed by atoms with Crippen LogP contribution in [0.4, 0.5) is 5.82 Å². The molecule has 0 bridgehead atoms. The van der Waals surface area contributed by atoms with Crippen molar-refractivity contribution < 1.29 is 8.42 Å². The molecule has 0 aliphatic heterocycles. The Morgan fingerprint density at radius 3 is 2.70 bits per heavy atom. The quantitative estimate of drug-likeness (QED) is 0.753. The number of anilines is 1. The zero-order valence-electron chi connectivity index (χ0n) is 12.5. The second kappa shape index (κ2) is 7.56. The topological polar surface area (TPSA) is 74.3 Å². The van der Waals surface area contributed by atoms with Gasteiger partial charge in [-0.3, -0.25) is 0 Å². The Kier molecular flexibility index (Phi) is 6.38. The molecule has 1 aromatic rings. The Labute approximate surface area is 121 Å². The highest BCUT2D eigenvalue weighted by Gasteiger charge is 2.18. The Hall–Kier alpha value is -1.18. The van der Waals surface area contributed by atoms with Crippen molar-refractivity contribution in [2.24, 2.45) is 0 Å². The van der Waals surface area contributed by atoms with Crippen LogP contribution in [-0.4, -0.2) is 51.5 Å². The van der Waals surface area contributed by atoms with Crippen molar-refractivity contribution in [3.8, 4) is 0 Å². The van der Waals surface area contributed by atoms with E-state index in [1.54, 1.807) is 6.07 Å². The van der Waals surface area contributed by atoms with Crippen LogP contribution >= 0.6 is 0 Å². The van der Waals surface area contributed by atoms with Gasteiger partial charge in [-0.15, -0.1) is 0 Å². The molecule has 6 nitrogen and oxygen atoms in total. The minimum atomic E-state index is -3.51. The molecule has 1 aromatic heterocycles. The van der Waals surface area contributed by atoms with Gasteiger partial charge in [0.1, 0.15) is 5.82 Å². The van der Waals surface area contributed by atoms with E-state index in [0.717, 1.165) is 13.0 Å². The van der Waals surface area contributed by atoms with Gasteiger partial charge in [-0.05, 0) is 33.5 Å². The first-order chi connectivity index (χ1) is 9.35. The number of sulfonamides is 1. The van der Waals surface area contributed by atoms with Crippen LogP contribution in [0.5, 0.6) is 0 Å². The maximum Gasteiger partial charge on any atom is 0.241 e. The summed E-state index contributed by atoms with van der Waals surface area (Å²) >= 11 is 0. The lowest BCUT2D eigenvalue weighted by molar-refractivity contribution is 0.370. The van der Waals surface area contributed by atoms with Gasteiger partial charge in [-0.1, -0.05) is 6.92 Å². The number of likely N-dealkylation sites (N-methyl/N-ethyl adjacent to an activating group) is 1. The molecular formula is C13H24N4O2S. The van der Waals surface area contributed by atoms with Crippen molar-refractivity contribution in [1.29, 1.82) is 0 Å². The summed E-state index contributed by atoms with van der Waals surface area (Å²) in [5.41, 5.74) is 0. The number of pyridine rings is 1. The van der Waals surface area contributed by atoms with Crippen LogP contribution in [0.2, 0.25) is 0 Å². The fraction of sp³-hybridized carbons (Fsp3) is 0.615. The minimum Gasteiger partial charge on any atom is -0.370 e. The van der Waals surface area contributed by atoms with Crippen molar-refractivity contribution in [2.75, 3.05) is 32.5 Å². The summed E-state index contributed by atoms with van der Waals surface area (Å²) in [5.74, 6) is 0.579. The van der Waals surface area contributed by atoms with Crippen LogP contribution in [0, 0.1) is 0 Å². The number of nitrogens with one attached hydrogen (secondary N) is 2. The number of rotatable bonds is 8. The summed E-state index contributed by atoms with van der Waals surface area (Å²) in [6.07, 6.45) is 2.46. The molecule has 1 rings (SSSR count). The van der Waals surface area contributed by atoms with Crippen molar-refractivity contribution >= 4 is 15.8 Å². The molecule has 1 atom stereocenters. The predicted octanol–water partition coefficient (Wildman–Crippen LogP) is 1.13. The fourth-order valence-corrected chi connectivity index (χ4v) is 3.09. The maximum absolute atomic E-state index is 12.3. The van der Waals surface area contributed by atoms with Gasteiger partial charge in [0, 0.05) is 31.4 Å². The van der Waals surface area contributed by atoms with Gasteiger partial charge < -0.3 is 10.2 Å². The molecule has 0 fully saturated rings. The third-order valence-electron chi connectivity index (χ3n) is 2.59. The number of nitrogens with zero attached hydrogens (tertiary/aromatic N) is 2. The summed E-state index contributed by atoms with van der Waals surface area (Å²) in [5, 5.41) is 3.08. The van der Waals surface area contributed by atoms with E-state index in [-0.39, 0.29) is 10.9 Å². The second-order valence-electron chi connectivity index (χ2n) is 5.09. The molecule has 0 amide bonds. The van der Waals surface area contributed by atoms with Gasteiger partial charge in [0.2, 0.25) is 10.0 Å². The molecule has 0 aliphatic carbocycles. The van der Waals surface area contributed by atoms with Crippen LogP contribution in [0.25, 0.3) is 0 Å². The van der Waals surface area contributed by atoms with Crippen LogP contribution in [0.3, 0.4) is 0 Å². The van der Waals surface area contributed by atoms with Crippen LogP contribution in [-0.2, 0) is 10.0 Å². The maximum atomic E-state index is 12.3. The first-order valence-electron chi connectivity index (χ1n) is 6.72. The van der Waals surface area contributed by atoms with Gasteiger partial charge in [-0.25, -0.2) is 18.1 Å². The summed E-state index contributed by atoms with van der Waals surface area (Å²) < 4.78 is 27.2. The molecule has 0 aliphatic rings. The number of aromatic nitrogens is 1. The van der Waals surface area contributed by atoms with E-state index < -0.39 is 10.0 Å². The number of hydrogen-bond donors (Lipinski definition) is 2. The van der Waals surface area contributed by atoms with Crippen LogP contribution < -0.4 is 10.0 Å². The fourth-order valence-electron chi connectivity index (χ4n) is 1.85. The van der Waals surface area contributed by atoms with Gasteiger partial charge >= 0.3 is 0 Å². The lowest BCUT2D eigenvalue weighted by Gasteiger charge is -2.18. The molecule has 20 heavy (non-hydrogen) atoms. The lowest BCUT2D eigenvalue weighted by Crippen LogP contribution is -2.39. The zero-order chi connectivity index (χ0) is 15.2. The molecule has 0 aromatic carbocycles. The van der Waals surface area contributed by atoms with Crippen molar-refractivity contribution in [3.63, 3.8) is 0 Å². The third-order valence-corrected chi connectivity index (χ3v) is 4.18. The molecule has 1 unspecified atom stereocenters. The lowest BCUT2D eigenvalue weighted by atomic mass is 10.3. The van der Waals surface area contributed by atoms with E-state index in [1.807, 2.05) is 32.8 Å². The predicted molar refractivity (Wildman–Crippen MR) is 81.4 cm³/mol. The molecule has 0 saturated carbocycles. The largest absolute Gasteiger partial charge is 0.370 e. The van der Waals surface area contributed by atoms with Crippen molar-refractivity contribution in [2.45, 2.75) is 31.2 Å². The Morgan fingerprint density at radius 2 is 2.10 bits per heavy atom. The smallest absolute Gasteiger partial charge is 0.241 e. The van der Waals surface area contributed by atoms with Crippen LogP contribution in [0.1, 0.15) is 20.3 Å². The SMILES string of the molecule is CCCNc1cc(S(=O)(=O)NC(C)CN(C)C)ccn1. The van der Waals surface area contributed by atoms with Crippen molar-refractivity contribution in [1.82, 2.24) is 14.6 Å². The van der Waals surface area contributed by atoms with Crippen molar-refractivity contribution in [3.05, 3.63) is 18.3 Å². The van der Waals surface area contributed by atoms with Crippen LogP contribution in [0.15, 0.2) is 23.2 Å². The van der Waals surface area contributed by atoms with E-state index in [1.165, 1.54) is 12.3 Å². The number of hydrogen-bond acceptors (Lipinski definition) is 5. The van der Waals surface area contributed by atoms with Gasteiger partial charge in [0.15, 0.2) is 0 Å². The summed E-state index contributed by atoms with van der Waals surface area (Å²) in [7, 11) is 0.304. The molecule has 114 valence electrons. The highest BCUT2D eigenvalue weighted by Crippen LogP contribution is 2.13. The Morgan fingerprint density at radius 1 is 1.40 bits per heavy atom. The minimum absolute atomic E-state index is 0.157. The molecule has 1 heterocycles. The van der Waals surface area contributed by atoms with Gasteiger partial charge in [0.25, 0.3) is 0 Å². The van der Waals surface area contributed by atoms with E-state index in [0.29, 0.717) is 12.4 Å². The highest BCUT2D eigenvalue weighted by molar-refractivity contribution is 7.89. The highest BCUT2D eigenvalue weighted by atomic mass is 32.2. The molecule has 0 saturated heterocycles. The Bertz CT molecular complexity index is 517. The zero-order valence-corrected chi connectivity index (χ0v) is 13.4. The average molecular weight is 300 g/mol. The first-order valence-corrected chi connectivity index (χ1v) is 8.20. The van der Waals surface area contributed by atoms with Gasteiger partial charge in [-0.2, -0.15) is 0 Å². The van der Waals surface area contributed by atoms with E-state index in [2.05, 4.69) is 15.0 Å². The molecule has 7 heteroatoms. The normalized spacial score (nSPS) is 13.4. The van der Waals surface area contributed by atoms with E-state index in [4.69, 9.17) is 0 Å². The summed E-state index contributed by atoms with van der Waals surface area (Å²) in [4.78, 5) is 6.28. The third kappa shape index (κ3) is 5.44. The average Bonchev–Trinajstić information content (AvgIpc) is 2.35. The molecular weight excluding hydrogens is 276 g/mol. The molecule has 0 radical (unpaired) electrons. The molecule has 0 spiro atoms. The van der Waals surface area contributed by atoms with Gasteiger partial charge in [0.05, 0.1) is 4.90 Å². The standard InChI is InChI=1S/C13H24N4O2S/c1-5-7-14-13-9-12(6-8-15-13)20(18,19)16-11(2)10-17(3)4/h6,8-9,11,16H,5,7,10H2,1-4H3,(H,14,15).